The fraction of sp³-hybridized carbons (Fsp3) is 1.00. The number of rotatable bonds is 10. The van der Waals surface area contributed by atoms with Crippen LogP contribution in [0, 0.1) is 0 Å². The Balaban J connectivity index is 1.36. The molecule has 17 heavy (non-hydrogen) atoms. The maximum Gasteiger partial charge on any atom is 0.0863 e. The predicted octanol–water partition coefficient (Wildman–Crippen LogP) is 2.92. The van der Waals surface area contributed by atoms with Crippen molar-refractivity contribution < 1.29 is 14.2 Å². The van der Waals surface area contributed by atoms with Gasteiger partial charge >= 0.3 is 0 Å². The molecular formula is C14H26O3. The molecule has 2 fully saturated rings. The lowest BCUT2D eigenvalue weighted by Gasteiger charge is -2.00. The SMILES string of the molecule is CCCC1OC1CCOCCC1OC1CCC. The molecule has 2 saturated heterocycles. The molecule has 4 unspecified atom stereocenters. The van der Waals surface area contributed by atoms with Crippen molar-refractivity contribution in [2.75, 3.05) is 13.2 Å². The van der Waals surface area contributed by atoms with E-state index in [2.05, 4.69) is 13.8 Å². The highest BCUT2D eigenvalue weighted by Gasteiger charge is 2.38. The Morgan fingerprint density at radius 1 is 0.706 bits per heavy atom. The van der Waals surface area contributed by atoms with Crippen molar-refractivity contribution in [3.8, 4) is 0 Å². The Hall–Kier alpha value is -0.120. The third-order valence-corrected chi connectivity index (χ3v) is 3.62. The van der Waals surface area contributed by atoms with Crippen LogP contribution in [-0.4, -0.2) is 37.6 Å². The first kappa shape index (κ1) is 13.3. The van der Waals surface area contributed by atoms with Crippen LogP contribution in [0.15, 0.2) is 0 Å². The zero-order valence-corrected chi connectivity index (χ0v) is 11.2. The van der Waals surface area contributed by atoms with Crippen LogP contribution in [0.25, 0.3) is 0 Å². The van der Waals surface area contributed by atoms with Crippen molar-refractivity contribution in [3.63, 3.8) is 0 Å². The maximum absolute atomic E-state index is 5.63. The Morgan fingerprint density at radius 3 is 1.53 bits per heavy atom. The smallest absolute Gasteiger partial charge is 0.0863 e. The quantitative estimate of drug-likeness (QED) is 0.436. The molecule has 3 heteroatoms. The Labute approximate surface area is 105 Å². The molecule has 4 atom stereocenters. The highest BCUT2D eigenvalue weighted by atomic mass is 16.6. The second-order valence-electron chi connectivity index (χ2n) is 5.19. The fourth-order valence-electron chi connectivity index (χ4n) is 2.44. The largest absolute Gasteiger partial charge is 0.381 e. The van der Waals surface area contributed by atoms with Gasteiger partial charge in [0.2, 0.25) is 0 Å². The van der Waals surface area contributed by atoms with Gasteiger partial charge in [-0.25, -0.2) is 0 Å². The second kappa shape index (κ2) is 6.72. The van der Waals surface area contributed by atoms with E-state index in [9.17, 15) is 0 Å². The molecule has 0 aromatic heterocycles. The fourth-order valence-corrected chi connectivity index (χ4v) is 2.44. The van der Waals surface area contributed by atoms with E-state index >= 15 is 0 Å². The summed E-state index contributed by atoms with van der Waals surface area (Å²) in [6, 6.07) is 0. The van der Waals surface area contributed by atoms with E-state index in [1.165, 1.54) is 25.7 Å². The van der Waals surface area contributed by atoms with Gasteiger partial charge in [-0.3, -0.25) is 0 Å². The molecule has 0 aromatic rings. The third kappa shape index (κ3) is 4.57. The summed E-state index contributed by atoms with van der Waals surface area (Å²) in [7, 11) is 0. The molecule has 2 aliphatic heterocycles. The summed E-state index contributed by atoms with van der Waals surface area (Å²) < 4.78 is 16.7. The van der Waals surface area contributed by atoms with E-state index in [1.807, 2.05) is 0 Å². The lowest BCUT2D eigenvalue weighted by atomic mass is 10.1. The molecule has 0 amide bonds. The molecule has 100 valence electrons. The molecule has 3 nitrogen and oxygen atoms in total. The van der Waals surface area contributed by atoms with Crippen LogP contribution in [0.4, 0.5) is 0 Å². The monoisotopic (exact) mass is 242 g/mol. The minimum absolute atomic E-state index is 0.486. The Bertz CT molecular complexity index is 198. The lowest BCUT2D eigenvalue weighted by molar-refractivity contribution is 0.118. The highest BCUT2D eigenvalue weighted by Crippen LogP contribution is 2.30. The van der Waals surface area contributed by atoms with Gasteiger partial charge in [0.05, 0.1) is 24.4 Å². The van der Waals surface area contributed by atoms with Crippen molar-refractivity contribution in [3.05, 3.63) is 0 Å². The van der Waals surface area contributed by atoms with Crippen molar-refractivity contribution >= 4 is 0 Å². The van der Waals surface area contributed by atoms with Gasteiger partial charge in [-0.1, -0.05) is 26.7 Å². The van der Waals surface area contributed by atoms with Gasteiger partial charge in [0.1, 0.15) is 0 Å². The van der Waals surface area contributed by atoms with Gasteiger partial charge in [-0.2, -0.15) is 0 Å². The van der Waals surface area contributed by atoms with Gasteiger partial charge in [0, 0.05) is 13.2 Å². The first-order valence-electron chi connectivity index (χ1n) is 7.23. The average Bonchev–Trinajstić information content (AvgIpc) is 3.19. The van der Waals surface area contributed by atoms with Crippen molar-refractivity contribution in [2.45, 2.75) is 76.8 Å². The Kier molecular flexibility index (Phi) is 5.26. The maximum atomic E-state index is 5.63. The van der Waals surface area contributed by atoms with Crippen molar-refractivity contribution in [1.82, 2.24) is 0 Å². The second-order valence-corrected chi connectivity index (χ2v) is 5.19. The van der Waals surface area contributed by atoms with Gasteiger partial charge in [-0.05, 0) is 25.7 Å². The summed E-state index contributed by atoms with van der Waals surface area (Å²) in [5.74, 6) is 0. The van der Waals surface area contributed by atoms with E-state index in [1.54, 1.807) is 0 Å². The molecule has 2 rings (SSSR count). The van der Waals surface area contributed by atoms with Crippen LogP contribution in [0.3, 0.4) is 0 Å². The standard InChI is InChI=1S/C14H26O3/c1-3-5-11-13(16-11)7-9-15-10-8-14-12(17-14)6-4-2/h11-14H,3-10H2,1-2H3. The molecule has 0 bridgehead atoms. The highest BCUT2D eigenvalue weighted by molar-refractivity contribution is 4.85. The summed E-state index contributed by atoms with van der Waals surface area (Å²) in [5.41, 5.74) is 0. The molecule has 0 spiro atoms. The van der Waals surface area contributed by atoms with Gasteiger partial charge < -0.3 is 14.2 Å². The molecule has 0 N–H and O–H groups in total. The molecule has 2 heterocycles. The molecular weight excluding hydrogens is 216 g/mol. The predicted molar refractivity (Wildman–Crippen MR) is 67.2 cm³/mol. The van der Waals surface area contributed by atoms with E-state index < -0.39 is 0 Å². The van der Waals surface area contributed by atoms with E-state index in [-0.39, 0.29) is 0 Å². The van der Waals surface area contributed by atoms with E-state index in [4.69, 9.17) is 14.2 Å². The van der Waals surface area contributed by atoms with Gasteiger partial charge in [-0.15, -0.1) is 0 Å². The van der Waals surface area contributed by atoms with Gasteiger partial charge in [0.25, 0.3) is 0 Å². The summed E-state index contributed by atoms with van der Waals surface area (Å²) in [6.07, 6.45) is 9.02. The van der Waals surface area contributed by atoms with Crippen LogP contribution >= 0.6 is 0 Å². The summed E-state index contributed by atoms with van der Waals surface area (Å²) in [5, 5.41) is 0. The molecule has 0 aromatic carbocycles. The van der Waals surface area contributed by atoms with Crippen LogP contribution in [0.2, 0.25) is 0 Å². The van der Waals surface area contributed by atoms with E-state index in [0.29, 0.717) is 24.4 Å². The zero-order chi connectivity index (χ0) is 12.1. The lowest BCUT2D eigenvalue weighted by Crippen LogP contribution is -2.05. The van der Waals surface area contributed by atoms with E-state index in [0.717, 1.165) is 26.1 Å². The number of hydrogen-bond donors (Lipinski definition) is 0. The normalized spacial score (nSPS) is 34.9. The number of hydrogen-bond acceptors (Lipinski definition) is 3. The number of epoxide rings is 2. The van der Waals surface area contributed by atoms with Gasteiger partial charge in [0.15, 0.2) is 0 Å². The molecule has 0 radical (unpaired) electrons. The summed E-state index contributed by atoms with van der Waals surface area (Å²) in [6.45, 7) is 6.10. The molecule has 0 aliphatic carbocycles. The van der Waals surface area contributed by atoms with Crippen molar-refractivity contribution in [2.24, 2.45) is 0 Å². The molecule has 2 aliphatic rings. The number of ether oxygens (including phenoxy) is 3. The van der Waals surface area contributed by atoms with Crippen LogP contribution in [0.5, 0.6) is 0 Å². The first-order valence-corrected chi connectivity index (χ1v) is 7.23. The van der Waals surface area contributed by atoms with Crippen molar-refractivity contribution in [1.29, 1.82) is 0 Å². The topological polar surface area (TPSA) is 34.3 Å². The average molecular weight is 242 g/mol. The van der Waals surface area contributed by atoms with Crippen LogP contribution in [0.1, 0.15) is 52.4 Å². The zero-order valence-electron chi connectivity index (χ0n) is 11.2. The van der Waals surface area contributed by atoms with Crippen LogP contribution in [-0.2, 0) is 14.2 Å². The third-order valence-electron chi connectivity index (χ3n) is 3.62. The summed E-state index contributed by atoms with van der Waals surface area (Å²) >= 11 is 0. The Morgan fingerprint density at radius 2 is 1.12 bits per heavy atom. The summed E-state index contributed by atoms with van der Waals surface area (Å²) in [4.78, 5) is 0. The first-order chi connectivity index (χ1) is 8.35. The van der Waals surface area contributed by atoms with Crippen LogP contribution < -0.4 is 0 Å². The minimum Gasteiger partial charge on any atom is -0.381 e. The minimum atomic E-state index is 0.486. The molecule has 0 saturated carbocycles.